The van der Waals surface area contributed by atoms with Crippen LogP contribution in [0.3, 0.4) is 0 Å². The number of fused-ring (bicyclic) bond motifs is 1. The molecule has 1 aliphatic rings. The number of carbonyl (C=O) groups excluding carboxylic acids is 1. The highest BCUT2D eigenvalue weighted by Gasteiger charge is 2.20. The Morgan fingerprint density at radius 2 is 1.86 bits per heavy atom. The Bertz CT molecular complexity index is 1110. The molecule has 1 N–H and O–H groups in total. The third-order valence-corrected chi connectivity index (χ3v) is 5.04. The van der Waals surface area contributed by atoms with E-state index in [-0.39, 0.29) is 17.1 Å². The number of benzene rings is 2. The molecule has 1 saturated heterocycles. The molecule has 1 aromatic heterocycles. The minimum Gasteiger partial charge on any atom is -0.355 e. The van der Waals surface area contributed by atoms with Crippen LogP contribution in [0.2, 0.25) is 5.02 Å². The van der Waals surface area contributed by atoms with Crippen LogP contribution < -0.4 is 15.8 Å². The molecule has 2 heterocycles. The number of hydrogen-bond acceptors (Lipinski definition) is 4. The van der Waals surface area contributed by atoms with Crippen LogP contribution in [-0.2, 0) is 11.3 Å². The summed E-state index contributed by atoms with van der Waals surface area (Å²) in [6.45, 7) is 1.49. The Hall–Kier alpha value is -2.93. The molecule has 0 unspecified atom stereocenters. The molecule has 1 amide bonds. The second kappa shape index (κ2) is 7.59. The van der Waals surface area contributed by atoms with Crippen molar-refractivity contribution < 1.29 is 9.18 Å². The lowest BCUT2D eigenvalue weighted by Crippen LogP contribution is -2.32. The third-order valence-electron chi connectivity index (χ3n) is 4.75. The van der Waals surface area contributed by atoms with E-state index < -0.39 is 11.7 Å². The molecule has 0 bridgehead atoms. The van der Waals surface area contributed by atoms with Gasteiger partial charge in [-0.1, -0.05) is 29.8 Å². The fourth-order valence-corrected chi connectivity index (χ4v) is 3.58. The van der Waals surface area contributed by atoms with Gasteiger partial charge in [-0.05, 0) is 37.1 Å². The number of halogens is 2. The molecule has 1 fully saturated rings. The van der Waals surface area contributed by atoms with Gasteiger partial charge in [-0.15, -0.1) is 0 Å². The maximum absolute atomic E-state index is 13.3. The lowest BCUT2D eigenvalue weighted by atomic mass is 10.2. The van der Waals surface area contributed by atoms with E-state index >= 15 is 0 Å². The van der Waals surface area contributed by atoms with E-state index in [0.29, 0.717) is 16.9 Å². The Morgan fingerprint density at radius 3 is 2.57 bits per heavy atom. The van der Waals surface area contributed by atoms with Crippen molar-refractivity contribution >= 4 is 39.8 Å². The predicted molar refractivity (Wildman–Crippen MR) is 107 cm³/mol. The SMILES string of the molecule is O=C(Cn1nc(N2CCCC2)c2ccccc2c1=O)Nc1ccc(F)c(Cl)c1. The molecule has 144 valence electrons. The molecular formula is C20H18ClFN4O2. The summed E-state index contributed by atoms with van der Waals surface area (Å²) in [5.41, 5.74) is 0.0239. The summed E-state index contributed by atoms with van der Waals surface area (Å²) >= 11 is 5.74. The van der Waals surface area contributed by atoms with Crippen molar-refractivity contribution in [2.45, 2.75) is 19.4 Å². The van der Waals surface area contributed by atoms with E-state index in [1.807, 2.05) is 12.1 Å². The number of hydrogen-bond donors (Lipinski definition) is 1. The zero-order chi connectivity index (χ0) is 19.7. The smallest absolute Gasteiger partial charge is 0.275 e. The molecule has 0 atom stereocenters. The zero-order valence-corrected chi connectivity index (χ0v) is 15.7. The van der Waals surface area contributed by atoms with Gasteiger partial charge in [-0.25, -0.2) is 9.07 Å². The van der Waals surface area contributed by atoms with E-state index in [0.717, 1.165) is 31.3 Å². The summed E-state index contributed by atoms with van der Waals surface area (Å²) in [6.07, 6.45) is 2.14. The summed E-state index contributed by atoms with van der Waals surface area (Å²) in [7, 11) is 0. The van der Waals surface area contributed by atoms with Crippen molar-refractivity contribution in [3.63, 3.8) is 0 Å². The van der Waals surface area contributed by atoms with Gasteiger partial charge in [0.05, 0.1) is 10.4 Å². The molecule has 0 spiro atoms. The first-order valence-corrected chi connectivity index (χ1v) is 9.40. The molecule has 6 nitrogen and oxygen atoms in total. The minimum absolute atomic E-state index is 0.0879. The number of nitrogens with one attached hydrogen (secondary N) is 1. The average molecular weight is 401 g/mol. The highest BCUT2D eigenvalue weighted by atomic mass is 35.5. The first-order valence-electron chi connectivity index (χ1n) is 9.02. The molecule has 4 rings (SSSR count). The first-order chi connectivity index (χ1) is 13.5. The molecule has 2 aromatic carbocycles. The number of carbonyl (C=O) groups is 1. The van der Waals surface area contributed by atoms with Crippen molar-refractivity contribution in [2.24, 2.45) is 0 Å². The summed E-state index contributed by atoms with van der Waals surface area (Å²) in [4.78, 5) is 27.4. The van der Waals surface area contributed by atoms with Crippen molar-refractivity contribution in [1.82, 2.24) is 9.78 Å². The third kappa shape index (κ3) is 3.57. The molecule has 28 heavy (non-hydrogen) atoms. The number of anilines is 2. The van der Waals surface area contributed by atoms with Gasteiger partial charge in [0.25, 0.3) is 5.56 Å². The van der Waals surface area contributed by atoms with Crippen molar-refractivity contribution in [3.05, 3.63) is 63.7 Å². The van der Waals surface area contributed by atoms with Crippen LogP contribution in [-0.4, -0.2) is 28.8 Å². The maximum atomic E-state index is 13.3. The molecule has 1 aliphatic heterocycles. The van der Waals surface area contributed by atoms with Crippen LogP contribution in [0.4, 0.5) is 15.9 Å². The lowest BCUT2D eigenvalue weighted by Gasteiger charge is -2.19. The molecule has 0 saturated carbocycles. The maximum Gasteiger partial charge on any atom is 0.275 e. The average Bonchev–Trinajstić information content (AvgIpc) is 3.21. The Kier molecular flexibility index (Phi) is 5.00. The number of nitrogens with zero attached hydrogens (tertiary/aromatic N) is 3. The van der Waals surface area contributed by atoms with Crippen LogP contribution in [0.1, 0.15) is 12.8 Å². The topological polar surface area (TPSA) is 67.2 Å². The summed E-state index contributed by atoms with van der Waals surface area (Å²) in [6, 6.07) is 11.2. The molecule has 0 radical (unpaired) electrons. The van der Waals surface area contributed by atoms with E-state index in [1.54, 1.807) is 12.1 Å². The van der Waals surface area contributed by atoms with E-state index in [4.69, 9.17) is 11.6 Å². The summed E-state index contributed by atoms with van der Waals surface area (Å²) in [5, 5.41) is 8.32. The predicted octanol–water partition coefficient (Wildman–Crippen LogP) is 3.43. The molecule has 0 aliphatic carbocycles. The van der Waals surface area contributed by atoms with Crippen molar-refractivity contribution in [3.8, 4) is 0 Å². The van der Waals surface area contributed by atoms with Gasteiger partial charge in [-0.2, -0.15) is 5.10 Å². The molecule has 3 aromatic rings. The lowest BCUT2D eigenvalue weighted by molar-refractivity contribution is -0.117. The monoisotopic (exact) mass is 400 g/mol. The van der Waals surface area contributed by atoms with Gasteiger partial charge in [0.1, 0.15) is 12.4 Å². The fraction of sp³-hybridized carbons (Fsp3) is 0.250. The molecular weight excluding hydrogens is 383 g/mol. The van der Waals surface area contributed by atoms with E-state index in [1.165, 1.54) is 22.9 Å². The normalized spacial score (nSPS) is 13.9. The standard InChI is InChI=1S/C20H18ClFN4O2/c21-16-11-13(7-8-17(16)22)23-18(27)12-26-20(28)15-6-2-1-5-14(15)19(24-26)25-9-3-4-10-25/h1-2,5-8,11H,3-4,9-10,12H2,(H,23,27). The van der Waals surface area contributed by atoms with E-state index in [2.05, 4.69) is 15.3 Å². The number of aromatic nitrogens is 2. The van der Waals surface area contributed by atoms with Gasteiger partial charge >= 0.3 is 0 Å². The summed E-state index contributed by atoms with van der Waals surface area (Å²) < 4.78 is 14.4. The number of amides is 1. The Morgan fingerprint density at radius 1 is 1.14 bits per heavy atom. The highest BCUT2D eigenvalue weighted by molar-refractivity contribution is 6.31. The quantitative estimate of drug-likeness (QED) is 0.728. The second-order valence-corrected chi connectivity index (χ2v) is 7.11. The van der Waals surface area contributed by atoms with Crippen molar-refractivity contribution in [1.29, 1.82) is 0 Å². The minimum atomic E-state index is -0.567. The van der Waals surface area contributed by atoms with Crippen LogP contribution in [0.15, 0.2) is 47.3 Å². The van der Waals surface area contributed by atoms with E-state index in [9.17, 15) is 14.0 Å². The van der Waals surface area contributed by atoms with Crippen LogP contribution >= 0.6 is 11.6 Å². The highest BCUT2D eigenvalue weighted by Crippen LogP contribution is 2.25. The van der Waals surface area contributed by atoms with Gasteiger partial charge in [0.2, 0.25) is 5.91 Å². The molecule has 8 heteroatoms. The van der Waals surface area contributed by atoms with Gasteiger partial charge < -0.3 is 10.2 Å². The van der Waals surface area contributed by atoms with Gasteiger partial charge in [0, 0.05) is 24.2 Å². The van der Waals surface area contributed by atoms with Crippen LogP contribution in [0.5, 0.6) is 0 Å². The Labute approximate surface area is 165 Å². The fourth-order valence-electron chi connectivity index (χ4n) is 3.40. The second-order valence-electron chi connectivity index (χ2n) is 6.70. The van der Waals surface area contributed by atoms with Gasteiger partial charge in [0.15, 0.2) is 5.82 Å². The number of rotatable bonds is 4. The van der Waals surface area contributed by atoms with Crippen LogP contribution in [0.25, 0.3) is 10.8 Å². The zero-order valence-electron chi connectivity index (χ0n) is 15.0. The van der Waals surface area contributed by atoms with Gasteiger partial charge in [-0.3, -0.25) is 9.59 Å². The Balaban J connectivity index is 1.66. The summed E-state index contributed by atoms with van der Waals surface area (Å²) in [5.74, 6) is -0.299. The first kappa shape index (κ1) is 18.4. The van der Waals surface area contributed by atoms with Crippen molar-refractivity contribution in [2.75, 3.05) is 23.3 Å². The van der Waals surface area contributed by atoms with Crippen LogP contribution in [0, 0.1) is 5.82 Å². The largest absolute Gasteiger partial charge is 0.355 e.